The van der Waals surface area contributed by atoms with E-state index in [1.54, 1.807) is 20.3 Å². The number of hydrogen-bond donors (Lipinski definition) is 2. The van der Waals surface area contributed by atoms with Crippen LogP contribution in [0.2, 0.25) is 0 Å². The van der Waals surface area contributed by atoms with Crippen molar-refractivity contribution in [3.63, 3.8) is 0 Å². The summed E-state index contributed by atoms with van der Waals surface area (Å²) in [6.07, 6.45) is 2.96. The Labute approximate surface area is 142 Å². The largest absolute Gasteiger partial charge is 0.493 e. The average Bonchev–Trinajstić information content (AvgIpc) is 2.60. The fourth-order valence-electron chi connectivity index (χ4n) is 3.27. The zero-order chi connectivity index (χ0) is 17.7. The van der Waals surface area contributed by atoms with Crippen LogP contribution in [0.3, 0.4) is 0 Å². The molecule has 1 amide bonds. The van der Waals surface area contributed by atoms with Gasteiger partial charge in [0, 0.05) is 0 Å². The summed E-state index contributed by atoms with van der Waals surface area (Å²) in [7, 11) is 3.13. The Morgan fingerprint density at radius 1 is 1.12 bits per heavy atom. The molecule has 2 N–H and O–H groups in total. The van der Waals surface area contributed by atoms with Crippen LogP contribution in [0.1, 0.15) is 44.2 Å². The molecule has 1 saturated carbocycles. The number of aliphatic carboxylic acids is 1. The molecule has 6 nitrogen and oxygen atoms in total. The van der Waals surface area contributed by atoms with Gasteiger partial charge in [-0.2, -0.15) is 0 Å². The van der Waals surface area contributed by atoms with Crippen molar-refractivity contribution in [1.29, 1.82) is 0 Å². The highest BCUT2D eigenvalue weighted by atomic mass is 16.5. The summed E-state index contributed by atoms with van der Waals surface area (Å²) in [6.45, 7) is 1.87. The molecule has 1 aliphatic carbocycles. The molecule has 0 heterocycles. The van der Waals surface area contributed by atoms with Gasteiger partial charge in [-0.15, -0.1) is 0 Å². The van der Waals surface area contributed by atoms with E-state index in [9.17, 15) is 14.7 Å². The van der Waals surface area contributed by atoms with E-state index in [4.69, 9.17) is 9.47 Å². The van der Waals surface area contributed by atoms with Crippen molar-refractivity contribution in [2.45, 2.75) is 38.6 Å². The fourth-order valence-corrected chi connectivity index (χ4v) is 3.27. The third-order valence-corrected chi connectivity index (χ3v) is 4.69. The first-order valence-electron chi connectivity index (χ1n) is 8.23. The molecule has 0 radical (unpaired) electrons. The number of amides is 1. The second kappa shape index (κ2) is 8.04. The Hall–Kier alpha value is -2.24. The van der Waals surface area contributed by atoms with Crippen LogP contribution in [0.25, 0.3) is 0 Å². The van der Waals surface area contributed by atoms with E-state index in [-0.39, 0.29) is 11.9 Å². The Bertz CT molecular complexity index is 601. The highest BCUT2D eigenvalue weighted by molar-refractivity contribution is 5.85. The summed E-state index contributed by atoms with van der Waals surface area (Å²) in [4.78, 5) is 23.9. The Balaban J connectivity index is 2.09. The molecule has 132 valence electrons. The third kappa shape index (κ3) is 3.99. The summed E-state index contributed by atoms with van der Waals surface area (Å²) in [6, 6.07) is 5.23. The molecule has 1 aromatic rings. The number of carbonyl (C=O) groups is 2. The molecule has 1 aromatic carbocycles. The van der Waals surface area contributed by atoms with Crippen LogP contribution in [-0.4, -0.2) is 31.2 Å². The van der Waals surface area contributed by atoms with E-state index < -0.39 is 17.8 Å². The van der Waals surface area contributed by atoms with Crippen molar-refractivity contribution in [2.75, 3.05) is 14.2 Å². The minimum atomic E-state index is -0.881. The number of carboxylic acid groups (broad SMARTS) is 1. The van der Waals surface area contributed by atoms with Gasteiger partial charge in [-0.1, -0.05) is 18.9 Å². The number of rotatable bonds is 6. The molecule has 6 heteroatoms. The maximum absolute atomic E-state index is 12.5. The van der Waals surface area contributed by atoms with Crippen molar-refractivity contribution < 1.29 is 24.2 Å². The molecule has 1 aliphatic rings. The van der Waals surface area contributed by atoms with E-state index in [0.29, 0.717) is 24.3 Å². The lowest BCUT2D eigenvalue weighted by Crippen LogP contribution is -2.40. The normalized spacial score (nSPS) is 21.6. The molecule has 3 atom stereocenters. The summed E-state index contributed by atoms with van der Waals surface area (Å²) in [5.74, 6) is -0.900. The van der Waals surface area contributed by atoms with Crippen LogP contribution in [0, 0.1) is 11.8 Å². The van der Waals surface area contributed by atoms with Crippen LogP contribution in [0.5, 0.6) is 11.5 Å². The SMILES string of the molecule is COc1ccc([C@H](C)NC(=O)[C@H]2CCCC[C@H]2C(=O)O)cc1OC. The van der Waals surface area contributed by atoms with Gasteiger partial charge in [-0.25, -0.2) is 0 Å². The van der Waals surface area contributed by atoms with Gasteiger partial charge in [0.1, 0.15) is 0 Å². The molecule has 1 fully saturated rings. The quantitative estimate of drug-likeness (QED) is 0.835. The molecular weight excluding hydrogens is 310 g/mol. The molecule has 0 bridgehead atoms. The van der Waals surface area contributed by atoms with E-state index >= 15 is 0 Å². The lowest BCUT2D eigenvalue weighted by molar-refractivity contribution is -0.149. The van der Waals surface area contributed by atoms with E-state index in [0.717, 1.165) is 18.4 Å². The van der Waals surface area contributed by atoms with Crippen molar-refractivity contribution in [3.05, 3.63) is 23.8 Å². The number of hydrogen-bond acceptors (Lipinski definition) is 4. The van der Waals surface area contributed by atoms with Crippen LogP contribution in [0.15, 0.2) is 18.2 Å². The minimum absolute atomic E-state index is 0.190. The fraction of sp³-hybridized carbons (Fsp3) is 0.556. The molecule has 2 rings (SSSR count). The zero-order valence-corrected chi connectivity index (χ0v) is 14.4. The van der Waals surface area contributed by atoms with Crippen LogP contribution >= 0.6 is 0 Å². The number of ether oxygens (including phenoxy) is 2. The van der Waals surface area contributed by atoms with Gasteiger partial charge in [-0.3, -0.25) is 9.59 Å². The minimum Gasteiger partial charge on any atom is -0.493 e. The maximum Gasteiger partial charge on any atom is 0.307 e. The summed E-state index contributed by atoms with van der Waals surface area (Å²) in [5.41, 5.74) is 0.878. The van der Waals surface area contributed by atoms with Gasteiger partial charge in [0.2, 0.25) is 5.91 Å². The third-order valence-electron chi connectivity index (χ3n) is 4.69. The number of carboxylic acids is 1. The number of benzene rings is 1. The van der Waals surface area contributed by atoms with Crippen LogP contribution in [-0.2, 0) is 9.59 Å². The van der Waals surface area contributed by atoms with Crippen LogP contribution < -0.4 is 14.8 Å². The first-order chi connectivity index (χ1) is 11.5. The average molecular weight is 335 g/mol. The molecule has 24 heavy (non-hydrogen) atoms. The van der Waals surface area contributed by atoms with Gasteiger partial charge in [-0.05, 0) is 37.5 Å². The van der Waals surface area contributed by atoms with Gasteiger partial charge < -0.3 is 19.9 Å². The molecular formula is C18H25NO5. The summed E-state index contributed by atoms with van der Waals surface area (Å²) in [5, 5.41) is 12.3. The molecule has 0 aliphatic heterocycles. The lowest BCUT2D eigenvalue weighted by Gasteiger charge is -2.29. The molecule has 0 aromatic heterocycles. The van der Waals surface area contributed by atoms with Gasteiger partial charge >= 0.3 is 5.97 Å². The van der Waals surface area contributed by atoms with E-state index in [1.165, 1.54) is 0 Å². The number of carbonyl (C=O) groups excluding carboxylic acids is 1. The standard InChI is InChI=1S/C18H25NO5/c1-11(12-8-9-15(23-2)16(10-12)24-3)19-17(20)13-6-4-5-7-14(13)18(21)22/h8-11,13-14H,4-7H2,1-3H3,(H,19,20)(H,21,22)/t11-,13-,14+/m0/s1. The first-order valence-corrected chi connectivity index (χ1v) is 8.23. The first kappa shape index (κ1) is 18.1. The van der Waals surface area contributed by atoms with Crippen molar-refractivity contribution in [3.8, 4) is 11.5 Å². The molecule has 0 unspecified atom stereocenters. The summed E-state index contributed by atoms with van der Waals surface area (Å²) >= 11 is 0. The Morgan fingerprint density at radius 3 is 2.33 bits per heavy atom. The predicted molar refractivity (Wildman–Crippen MR) is 89.2 cm³/mol. The van der Waals surface area contributed by atoms with Gasteiger partial charge in [0.25, 0.3) is 0 Å². The second-order valence-corrected chi connectivity index (χ2v) is 6.18. The smallest absolute Gasteiger partial charge is 0.307 e. The molecule has 0 saturated heterocycles. The predicted octanol–water partition coefficient (Wildman–Crippen LogP) is 2.77. The van der Waals surface area contributed by atoms with Gasteiger partial charge in [0.05, 0.1) is 32.1 Å². The van der Waals surface area contributed by atoms with E-state index in [1.807, 2.05) is 19.1 Å². The van der Waals surface area contributed by atoms with Crippen molar-refractivity contribution in [2.24, 2.45) is 11.8 Å². The molecule has 0 spiro atoms. The lowest BCUT2D eigenvalue weighted by atomic mass is 9.78. The van der Waals surface area contributed by atoms with E-state index in [2.05, 4.69) is 5.32 Å². The highest BCUT2D eigenvalue weighted by Crippen LogP contribution is 2.32. The Morgan fingerprint density at radius 2 is 1.75 bits per heavy atom. The van der Waals surface area contributed by atoms with Crippen molar-refractivity contribution >= 4 is 11.9 Å². The maximum atomic E-state index is 12.5. The number of methoxy groups -OCH3 is 2. The Kier molecular flexibility index (Phi) is 6.06. The topological polar surface area (TPSA) is 84.9 Å². The second-order valence-electron chi connectivity index (χ2n) is 6.18. The zero-order valence-electron chi connectivity index (χ0n) is 14.4. The van der Waals surface area contributed by atoms with Crippen molar-refractivity contribution in [1.82, 2.24) is 5.32 Å². The number of nitrogens with one attached hydrogen (secondary N) is 1. The monoisotopic (exact) mass is 335 g/mol. The highest BCUT2D eigenvalue weighted by Gasteiger charge is 2.36. The van der Waals surface area contributed by atoms with Gasteiger partial charge in [0.15, 0.2) is 11.5 Å². The van der Waals surface area contributed by atoms with Crippen LogP contribution in [0.4, 0.5) is 0 Å². The summed E-state index contributed by atoms with van der Waals surface area (Å²) < 4.78 is 10.5.